The normalized spacial score (nSPS) is 12.8. The van der Waals surface area contributed by atoms with Crippen molar-refractivity contribution in [2.45, 2.75) is 17.9 Å². The summed E-state index contributed by atoms with van der Waals surface area (Å²) in [5, 5.41) is 4.54. The van der Waals surface area contributed by atoms with Gasteiger partial charge in [0.15, 0.2) is 0 Å². The molecule has 0 bridgehead atoms. The highest BCUT2D eigenvalue weighted by molar-refractivity contribution is 7.89. The van der Waals surface area contributed by atoms with Gasteiger partial charge in [0.2, 0.25) is 10.0 Å². The number of rotatable bonds is 7. The summed E-state index contributed by atoms with van der Waals surface area (Å²) < 4.78 is 35.1. The van der Waals surface area contributed by atoms with Crippen LogP contribution >= 0.6 is 0 Å². The smallest absolute Gasteiger partial charge is 0.244 e. The zero-order chi connectivity index (χ0) is 18.6. The number of benzene rings is 2. The van der Waals surface area contributed by atoms with Crippen molar-refractivity contribution in [3.63, 3.8) is 0 Å². The molecule has 0 saturated carbocycles. The van der Waals surface area contributed by atoms with Crippen LogP contribution < -0.4 is 4.72 Å². The van der Waals surface area contributed by atoms with Gasteiger partial charge in [0.05, 0.1) is 18.5 Å². The summed E-state index contributed by atoms with van der Waals surface area (Å²) in [4.78, 5) is 0.135. The average molecular weight is 371 g/mol. The lowest BCUT2D eigenvalue weighted by molar-refractivity contribution is 0.180. The number of ether oxygens (including phenoxy) is 1. The summed E-state index contributed by atoms with van der Waals surface area (Å²) in [5.74, 6) is 0. The summed E-state index contributed by atoms with van der Waals surface area (Å²) in [6, 6.07) is 18.3. The Labute approximate surface area is 153 Å². The van der Waals surface area contributed by atoms with Gasteiger partial charge in [0.1, 0.15) is 10.6 Å². The van der Waals surface area contributed by atoms with E-state index in [1.807, 2.05) is 60.7 Å². The molecule has 136 valence electrons. The van der Waals surface area contributed by atoms with Crippen LogP contribution in [0, 0.1) is 0 Å². The molecule has 0 spiro atoms. The maximum atomic E-state index is 12.9. The molecule has 7 heteroatoms. The van der Waals surface area contributed by atoms with Gasteiger partial charge < -0.3 is 4.74 Å². The molecule has 0 amide bonds. The van der Waals surface area contributed by atoms with Crippen LogP contribution in [0.5, 0.6) is 0 Å². The molecular formula is C19H21N3O3S. The topological polar surface area (TPSA) is 73.2 Å². The molecule has 0 aliphatic rings. The molecule has 1 N–H and O–H groups in total. The third-order valence-electron chi connectivity index (χ3n) is 3.81. The lowest BCUT2D eigenvalue weighted by Crippen LogP contribution is -2.35. The number of methoxy groups -OCH3 is 1. The Bertz CT molecular complexity index is 954. The van der Waals surface area contributed by atoms with Crippen LogP contribution in [0.4, 0.5) is 0 Å². The standard InChI is InChI=1S/C19H21N3O3S/c1-15(14-25-2)21-26(23,24)18-13-22(17-11-7-4-8-12-17)20-19(18)16-9-5-3-6-10-16/h3-13,15,21H,14H2,1-2H3. The van der Waals surface area contributed by atoms with Gasteiger partial charge in [-0.1, -0.05) is 48.5 Å². The number of nitrogens with one attached hydrogen (secondary N) is 1. The molecular weight excluding hydrogens is 350 g/mol. The Morgan fingerprint density at radius 2 is 1.69 bits per heavy atom. The number of aromatic nitrogens is 2. The van der Waals surface area contributed by atoms with Gasteiger partial charge in [0, 0.05) is 18.7 Å². The van der Waals surface area contributed by atoms with Crippen LogP contribution in [0.1, 0.15) is 6.92 Å². The highest BCUT2D eigenvalue weighted by atomic mass is 32.2. The van der Waals surface area contributed by atoms with Crippen molar-refractivity contribution in [2.24, 2.45) is 0 Å². The van der Waals surface area contributed by atoms with Crippen molar-refractivity contribution in [1.29, 1.82) is 0 Å². The highest BCUT2D eigenvalue weighted by Gasteiger charge is 2.25. The minimum Gasteiger partial charge on any atom is -0.383 e. The molecule has 6 nitrogen and oxygen atoms in total. The Kier molecular flexibility index (Phi) is 5.51. The number of hydrogen-bond acceptors (Lipinski definition) is 4. The van der Waals surface area contributed by atoms with E-state index in [0.717, 1.165) is 11.3 Å². The largest absolute Gasteiger partial charge is 0.383 e. The first kappa shape index (κ1) is 18.3. The number of nitrogens with zero attached hydrogens (tertiary/aromatic N) is 2. The van der Waals surface area contributed by atoms with Crippen LogP contribution in [0.15, 0.2) is 71.8 Å². The van der Waals surface area contributed by atoms with Gasteiger partial charge in [0.25, 0.3) is 0 Å². The van der Waals surface area contributed by atoms with Gasteiger partial charge in [-0.3, -0.25) is 0 Å². The molecule has 0 radical (unpaired) electrons. The number of sulfonamides is 1. The molecule has 0 aliphatic heterocycles. The fourth-order valence-electron chi connectivity index (χ4n) is 2.68. The molecule has 0 saturated heterocycles. The second-order valence-corrected chi connectivity index (χ2v) is 7.65. The van der Waals surface area contributed by atoms with Crippen LogP contribution in [-0.2, 0) is 14.8 Å². The van der Waals surface area contributed by atoms with Gasteiger partial charge >= 0.3 is 0 Å². The molecule has 2 aromatic carbocycles. The maximum Gasteiger partial charge on any atom is 0.244 e. The summed E-state index contributed by atoms with van der Waals surface area (Å²) >= 11 is 0. The third kappa shape index (κ3) is 4.01. The van der Waals surface area contributed by atoms with Crippen LogP contribution in [-0.4, -0.2) is 38.0 Å². The van der Waals surface area contributed by atoms with Crippen molar-refractivity contribution in [3.8, 4) is 16.9 Å². The van der Waals surface area contributed by atoms with Gasteiger partial charge in [-0.25, -0.2) is 17.8 Å². The van der Waals surface area contributed by atoms with Crippen LogP contribution in [0.25, 0.3) is 16.9 Å². The lowest BCUT2D eigenvalue weighted by Gasteiger charge is -2.13. The lowest BCUT2D eigenvalue weighted by atomic mass is 10.2. The molecule has 0 aliphatic carbocycles. The van der Waals surface area contributed by atoms with Crippen molar-refractivity contribution in [2.75, 3.05) is 13.7 Å². The van der Waals surface area contributed by atoms with E-state index in [2.05, 4.69) is 9.82 Å². The zero-order valence-corrected chi connectivity index (χ0v) is 15.5. The van der Waals surface area contributed by atoms with Crippen LogP contribution in [0.3, 0.4) is 0 Å². The average Bonchev–Trinajstić information content (AvgIpc) is 3.09. The van der Waals surface area contributed by atoms with E-state index in [1.165, 1.54) is 7.11 Å². The minimum absolute atomic E-state index is 0.135. The van der Waals surface area contributed by atoms with E-state index < -0.39 is 10.0 Å². The molecule has 0 fully saturated rings. The molecule has 1 aromatic heterocycles. The minimum atomic E-state index is -3.76. The molecule has 3 aromatic rings. The third-order valence-corrected chi connectivity index (χ3v) is 5.40. The zero-order valence-electron chi connectivity index (χ0n) is 14.7. The predicted molar refractivity (Wildman–Crippen MR) is 101 cm³/mol. The Morgan fingerprint density at radius 3 is 2.31 bits per heavy atom. The molecule has 1 atom stereocenters. The summed E-state index contributed by atoms with van der Waals surface area (Å²) in [5.41, 5.74) is 1.93. The van der Waals surface area contributed by atoms with E-state index in [4.69, 9.17) is 4.74 Å². The Morgan fingerprint density at radius 1 is 1.08 bits per heavy atom. The Balaban J connectivity index is 2.09. The van der Waals surface area contributed by atoms with Gasteiger partial charge in [-0.15, -0.1) is 0 Å². The second-order valence-electron chi connectivity index (χ2n) is 5.97. The van der Waals surface area contributed by atoms with E-state index in [0.29, 0.717) is 5.69 Å². The fraction of sp³-hybridized carbons (Fsp3) is 0.211. The van der Waals surface area contributed by atoms with Crippen molar-refractivity contribution >= 4 is 10.0 Å². The van der Waals surface area contributed by atoms with E-state index >= 15 is 0 Å². The highest BCUT2D eigenvalue weighted by Crippen LogP contribution is 2.27. The van der Waals surface area contributed by atoms with E-state index in [1.54, 1.807) is 17.8 Å². The number of hydrogen-bond donors (Lipinski definition) is 1. The molecule has 1 unspecified atom stereocenters. The SMILES string of the molecule is COCC(C)NS(=O)(=O)c1cn(-c2ccccc2)nc1-c1ccccc1. The van der Waals surface area contributed by atoms with Gasteiger partial charge in [-0.2, -0.15) is 5.10 Å². The fourth-order valence-corrected chi connectivity index (χ4v) is 4.05. The van der Waals surface area contributed by atoms with Crippen molar-refractivity contribution in [3.05, 3.63) is 66.9 Å². The predicted octanol–water partition coefficient (Wildman–Crippen LogP) is 2.85. The monoisotopic (exact) mass is 371 g/mol. The maximum absolute atomic E-state index is 12.9. The summed E-state index contributed by atoms with van der Waals surface area (Å²) in [6.45, 7) is 2.04. The van der Waals surface area contributed by atoms with Crippen molar-refractivity contribution < 1.29 is 13.2 Å². The summed E-state index contributed by atoms with van der Waals surface area (Å²) in [6.07, 6.45) is 1.54. The summed E-state index contributed by atoms with van der Waals surface area (Å²) in [7, 11) is -2.23. The first-order valence-corrected chi connectivity index (χ1v) is 9.71. The van der Waals surface area contributed by atoms with Crippen molar-refractivity contribution in [1.82, 2.24) is 14.5 Å². The molecule has 26 heavy (non-hydrogen) atoms. The quantitative estimate of drug-likeness (QED) is 0.693. The first-order valence-electron chi connectivity index (χ1n) is 8.23. The van der Waals surface area contributed by atoms with E-state index in [9.17, 15) is 8.42 Å². The number of para-hydroxylation sites is 1. The first-order chi connectivity index (χ1) is 12.5. The van der Waals surface area contributed by atoms with Crippen LogP contribution in [0.2, 0.25) is 0 Å². The van der Waals surface area contributed by atoms with Gasteiger partial charge in [-0.05, 0) is 19.1 Å². The Hall–Kier alpha value is -2.48. The molecule has 3 rings (SSSR count). The molecule has 1 heterocycles. The van der Waals surface area contributed by atoms with E-state index in [-0.39, 0.29) is 17.5 Å². The second kappa shape index (κ2) is 7.82.